The standard InChI is InChI=1S/C21H28N2O6/c1-26-16-11-14(12-17(27-2)19(16)28-3)8-10-21(29-4)9-6-5-7-18(21)23-20(25)15(22)13-24/h5-12,15,18,24H,13,22H2,1-4H3,(H,23,25)/b10-8-/t15-,18?,21?/m0/s1. The van der Waals surface area contributed by atoms with Gasteiger partial charge in [0.05, 0.1) is 34.0 Å². The Bertz CT molecular complexity index is 779. The van der Waals surface area contributed by atoms with E-state index < -0.39 is 30.2 Å². The fraction of sp³-hybridized carbons (Fsp3) is 0.381. The first-order chi connectivity index (χ1) is 13.9. The topological polar surface area (TPSA) is 112 Å². The molecule has 0 fully saturated rings. The molecule has 1 aliphatic rings. The number of hydrogen-bond donors (Lipinski definition) is 3. The van der Waals surface area contributed by atoms with E-state index in [1.165, 1.54) is 0 Å². The van der Waals surface area contributed by atoms with Gasteiger partial charge < -0.3 is 35.1 Å². The van der Waals surface area contributed by atoms with E-state index in [0.717, 1.165) is 5.56 Å². The van der Waals surface area contributed by atoms with E-state index in [-0.39, 0.29) is 0 Å². The molecule has 8 heteroatoms. The molecular formula is C21H28N2O6. The van der Waals surface area contributed by atoms with E-state index in [4.69, 9.17) is 29.8 Å². The zero-order chi connectivity index (χ0) is 21.4. The molecule has 0 bridgehead atoms. The lowest BCUT2D eigenvalue weighted by atomic mass is 9.88. The minimum Gasteiger partial charge on any atom is -0.493 e. The second-order valence-corrected chi connectivity index (χ2v) is 6.37. The highest BCUT2D eigenvalue weighted by molar-refractivity contribution is 5.82. The molecule has 3 atom stereocenters. The Labute approximate surface area is 170 Å². The molecule has 0 aromatic heterocycles. The number of aliphatic hydroxyl groups is 1. The molecular weight excluding hydrogens is 376 g/mol. The lowest BCUT2D eigenvalue weighted by molar-refractivity contribution is -0.124. The van der Waals surface area contributed by atoms with Gasteiger partial charge in [-0.05, 0) is 29.8 Å². The average Bonchev–Trinajstić information content (AvgIpc) is 2.76. The quantitative estimate of drug-likeness (QED) is 0.564. The van der Waals surface area contributed by atoms with Crippen molar-refractivity contribution in [3.63, 3.8) is 0 Å². The number of allylic oxidation sites excluding steroid dienone is 2. The lowest BCUT2D eigenvalue weighted by Crippen LogP contribution is -2.55. The third-order valence-electron chi connectivity index (χ3n) is 4.67. The predicted molar refractivity (Wildman–Crippen MR) is 110 cm³/mol. The summed E-state index contributed by atoms with van der Waals surface area (Å²) in [5.74, 6) is 1.07. The number of nitrogens with one attached hydrogen (secondary N) is 1. The number of amides is 1. The van der Waals surface area contributed by atoms with Crippen LogP contribution in [0.5, 0.6) is 17.2 Å². The van der Waals surface area contributed by atoms with Crippen molar-refractivity contribution < 1.29 is 28.8 Å². The molecule has 0 heterocycles. The van der Waals surface area contributed by atoms with Gasteiger partial charge in [-0.2, -0.15) is 0 Å². The number of hydrogen-bond acceptors (Lipinski definition) is 7. The molecule has 29 heavy (non-hydrogen) atoms. The van der Waals surface area contributed by atoms with Crippen molar-refractivity contribution in [1.82, 2.24) is 5.32 Å². The van der Waals surface area contributed by atoms with Crippen LogP contribution in [0.3, 0.4) is 0 Å². The molecule has 2 rings (SSSR count). The Kier molecular flexibility index (Phi) is 7.83. The fourth-order valence-corrected chi connectivity index (χ4v) is 2.99. The van der Waals surface area contributed by atoms with Crippen LogP contribution in [-0.4, -0.2) is 63.7 Å². The molecule has 2 unspecified atom stereocenters. The zero-order valence-corrected chi connectivity index (χ0v) is 17.0. The van der Waals surface area contributed by atoms with Crippen LogP contribution in [0, 0.1) is 0 Å². The highest BCUT2D eigenvalue weighted by Gasteiger charge is 2.36. The predicted octanol–water partition coefficient (Wildman–Crippen LogP) is 1.04. The number of benzene rings is 1. The van der Waals surface area contributed by atoms with E-state index in [0.29, 0.717) is 17.2 Å². The maximum atomic E-state index is 12.2. The number of aliphatic hydroxyl groups excluding tert-OH is 1. The van der Waals surface area contributed by atoms with Crippen LogP contribution in [0.4, 0.5) is 0 Å². The smallest absolute Gasteiger partial charge is 0.239 e. The largest absolute Gasteiger partial charge is 0.493 e. The van der Waals surface area contributed by atoms with Crippen LogP contribution in [0.15, 0.2) is 42.5 Å². The fourth-order valence-electron chi connectivity index (χ4n) is 2.99. The number of methoxy groups -OCH3 is 4. The number of carbonyl (C=O) groups excluding carboxylic acids is 1. The molecule has 0 aliphatic heterocycles. The van der Waals surface area contributed by atoms with Gasteiger partial charge in [-0.1, -0.05) is 24.3 Å². The summed E-state index contributed by atoms with van der Waals surface area (Å²) in [5, 5.41) is 11.9. The summed E-state index contributed by atoms with van der Waals surface area (Å²) < 4.78 is 21.9. The third-order valence-corrected chi connectivity index (χ3v) is 4.67. The molecule has 0 saturated carbocycles. The third kappa shape index (κ3) is 4.97. The number of nitrogens with two attached hydrogens (primary N) is 1. The van der Waals surface area contributed by atoms with Crippen molar-refractivity contribution in [3.05, 3.63) is 48.1 Å². The summed E-state index contributed by atoms with van der Waals surface area (Å²) in [6, 6.07) is 2.08. The van der Waals surface area contributed by atoms with Gasteiger partial charge in [-0.25, -0.2) is 0 Å². The van der Waals surface area contributed by atoms with E-state index >= 15 is 0 Å². The van der Waals surface area contributed by atoms with Gasteiger partial charge in [0.25, 0.3) is 0 Å². The van der Waals surface area contributed by atoms with E-state index in [2.05, 4.69) is 5.32 Å². The van der Waals surface area contributed by atoms with E-state index in [1.54, 1.807) is 52.7 Å². The van der Waals surface area contributed by atoms with Crippen molar-refractivity contribution in [3.8, 4) is 17.2 Å². The Hall–Kier alpha value is -2.81. The second kappa shape index (κ2) is 10.1. The van der Waals surface area contributed by atoms with Gasteiger partial charge in [0, 0.05) is 7.11 Å². The van der Waals surface area contributed by atoms with Crippen LogP contribution >= 0.6 is 0 Å². The highest BCUT2D eigenvalue weighted by atomic mass is 16.5. The number of carbonyl (C=O) groups is 1. The van der Waals surface area contributed by atoms with Gasteiger partial charge in [-0.3, -0.25) is 4.79 Å². The van der Waals surface area contributed by atoms with E-state index in [9.17, 15) is 4.79 Å². The van der Waals surface area contributed by atoms with Crippen LogP contribution < -0.4 is 25.3 Å². The molecule has 8 nitrogen and oxygen atoms in total. The van der Waals surface area contributed by atoms with Crippen molar-refractivity contribution in [2.75, 3.05) is 35.0 Å². The first-order valence-corrected chi connectivity index (χ1v) is 9.01. The first kappa shape index (κ1) is 22.5. The maximum Gasteiger partial charge on any atom is 0.239 e. The Morgan fingerprint density at radius 1 is 1.21 bits per heavy atom. The number of rotatable bonds is 9. The molecule has 0 radical (unpaired) electrons. The van der Waals surface area contributed by atoms with Gasteiger partial charge in [-0.15, -0.1) is 0 Å². The Balaban J connectivity index is 2.37. The summed E-state index contributed by atoms with van der Waals surface area (Å²) >= 11 is 0. The lowest BCUT2D eigenvalue weighted by Gasteiger charge is -2.35. The summed E-state index contributed by atoms with van der Waals surface area (Å²) in [6.45, 7) is -0.445. The Morgan fingerprint density at radius 2 is 1.86 bits per heavy atom. The van der Waals surface area contributed by atoms with Gasteiger partial charge in [0.15, 0.2) is 11.5 Å². The second-order valence-electron chi connectivity index (χ2n) is 6.37. The van der Waals surface area contributed by atoms with Crippen LogP contribution in [0.1, 0.15) is 5.56 Å². The molecule has 1 aromatic carbocycles. The Morgan fingerprint density at radius 3 is 2.38 bits per heavy atom. The number of ether oxygens (including phenoxy) is 4. The van der Waals surface area contributed by atoms with E-state index in [1.807, 2.05) is 24.3 Å². The minimum atomic E-state index is -1.01. The molecule has 0 spiro atoms. The van der Waals surface area contributed by atoms with Crippen LogP contribution in [0.2, 0.25) is 0 Å². The summed E-state index contributed by atoms with van der Waals surface area (Å²) in [4.78, 5) is 12.2. The van der Waals surface area contributed by atoms with Crippen molar-refractivity contribution >= 4 is 12.0 Å². The molecule has 1 aliphatic carbocycles. The molecule has 0 saturated heterocycles. The minimum absolute atomic E-state index is 0.445. The monoisotopic (exact) mass is 404 g/mol. The van der Waals surface area contributed by atoms with Crippen molar-refractivity contribution in [1.29, 1.82) is 0 Å². The SMILES string of the molecule is COc1cc(/C=C\C2(OC)C=CC=CC2NC(=O)[C@@H](N)CO)cc(OC)c1OC. The van der Waals surface area contributed by atoms with Crippen LogP contribution in [0.25, 0.3) is 6.08 Å². The maximum absolute atomic E-state index is 12.2. The molecule has 1 aromatic rings. The summed E-state index contributed by atoms with van der Waals surface area (Å²) in [5.41, 5.74) is 5.46. The van der Waals surface area contributed by atoms with Gasteiger partial charge in [0.1, 0.15) is 11.6 Å². The molecule has 4 N–H and O–H groups in total. The van der Waals surface area contributed by atoms with Crippen LogP contribution in [-0.2, 0) is 9.53 Å². The molecule has 1 amide bonds. The average molecular weight is 404 g/mol. The normalized spacial score (nSPS) is 21.8. The summed E-state index contributed by atoms with van der Waals surface area (Å²) in [7, 11) is 6.19. The molecule has 158 valence electrons. The van der Waals surface area contributed by atoms with Gasteiger partial charge in [0.2, 0.25) is 11.7 Å². The van der Waals surface area contributed by atoms with Crippen molar-refractivity contribution in [2.45, 2.75) is 17.7 Å². The highest BCUT2D eigenvalue weighted by Crippen LogP contribution is 2.39. The van der Waals surface area contributed by atoms with Crippen molar-refractivity contribution in [2.24, 2.45) is 5.73 Å². The first-order valence-electron chi connectivity index (χ1n) is 9.01. The van der Waals surface area contributed by atoms with Gasteiger partial charge >= 0.3 is 0 Å². The zero-order valence-electron chi connectivity index (χ0n) is 17.0. The summed E-state index contributed by atoms with van der Waals surface area (Å²) in [6.07, 6.45) is 10.9.